The molecule has 1 aromatic carbocycles. The lowest BCUT2D eigenvalue weighted by Gasteiger charge is -2.16. The number of aliphatic carboxylic acids is 1. The number of carboxylic acids is 1. The monoisotopic (exact) mass is 310 g/mol. The molecule has 0 heterocycles. The first-order chi connectivity index (χ1) is 9.75. The Morgan fingerprint density at radius 2 is 2.00 bits per heavy atom. The molecule has 1 unspecified atom stereocenters. The summed E-state index contributed by atoms with van der Waals surface area (Å²) in [5, 5.41) is 18.0. The van der Waals surface area contributed by atoms with Crippen molar-refractivity contribution in [1.29, 1.82) is 5.26 Å². The van der Waals surface area contributed by atoms with Crippen LogP contribution in [0.15, 0.2) is 24.3 Å². The lowest BCUT2D eigenvalue weighted by Crippen LogP contribution is -2.42. The fraction of sp³-hybridized carbons (Fsp3) is 0.429. The summed E-state index contributed by atoms with van der Waals surface area (Å²) >= 11 is 0. The number of rotatable bonds is 7. The van der Waals surface area contributed by atoms with Crippen molar-refractivity contribution in [3.8, 4) is 6.07 Å². The molecule has 0 amide bonds. The average molecular weight is 310 g/mol. The molecule has 1 rings (SSSR count). The summed E-state index contributed by atoms with van der Waals surface area (Å²) in [5.74, 6) is -1.58. The van der Waals surface area contributed by atoms with Gasteiger partial charge in [0.15, 0.2) is 0 Å². The lowest BCUT2D eigenvalue weighted by molar-refractivity contribution is -0.139. The van der Waals surface area contributed by atoms with Crippen LogP contribution in [0.4, 0.5) is 0 Å². The highest BCUT2D eigenvalue weighted by molar-refractivity contribution is 7.88. The van der Waals surface area contributed by atoms with Gasteiger partial charge in [-0.2, -0.15) is 5.26 Å². The number of hydrogen-bond acceptors (Lipinski definition) is 4. The molecule has 0 spiro atoms. The highest BCUT2D eigenvalue weighted by Crippen LogP contribution is 2.13. The van der Waals surface area contributed by atoms with Crippen molar-refractivity contribution in [2.45, 2.75) is 32.1 Å². The smallest absolute Gasteiger partial charge is 0.321 e. The van der Waals surface area contributed by atoms with E-state index in [0.717, 1.165) is 0 Å². The maximum absolute atomic E-state index is 12.1. The zero-order valence-electron chi connectivity index (χ0n) is 11.9. The van der Waals surface area contributed by atoms with Crippen molar-refractivity contribution in [3.05, 3.63) is 35.4 Å². The van der Waals surface area contributed by atoms with Gasteiger partial charge in [-0.1, -0.05) is 32.0 Å². The minimum absolute atomic E-state index is 0.0418. The van der Waals surface area contributed by atoms with Gasteiger partial charge in [0, 0.05) is 0 Å². The topological polar surface area (TPSA) is 107 Å². The summed E-state index contributed by atoms with van der Waals surface area (Å²) in [7, 11) is -3.84. The molecule has 0 fully saturated rings. The lowest BCUT2D eigenvalue weighted by atomic mass is 10.1. The number of nitriles is 1. The van der Waals surface area contributed by atoms with Crippen LogP contribution in [0.2, 0.25) is 0 Å². The molecule has 1 aromatic rings. The Morgan fingerprint density at radius 3 is 2.52 bits per heavy atom. The summed E-state index contributed by atoms with van der Waals surface area (Å²) in [6.45, 7) is 3.63. The van der Waals surface area contributed by atoms with E-state index in [0.29, 0.717) is 5.56 Å². The number of carbonyl (C=O) groups is 1. The van der Waals surface area contributed by atoms with E-state index in [1.807, 2.05) is 19.9 Å². The Bertz CT molecular complexity index is 647. The second-order valence-corrected chi connectivity index (χ2v) is 6.92. The summed E-state index contributed by atoms with van der Waals surface area (Å²) in [6.07, 6.45) is 0.203. The molecule has 2 N–H and O–H groups in total. The van der Waals surface area contributed by atoms with Crippen LogP contribution < -0.4 is 4.72 Å². The van der Waals surface area contributed by atoms with Crippen LogP contribution >= 0.6 is 0 Å². The Labute approximate surface area is 124 Å². The maximum atomic E-state index is 12.1. The summed E-state index contributed by atoms with van der Waals surface area (Å²) in [4.78, 5) is 11.1. The zero-order chi connectivity index (χ0) is 16.0. The molecular formula is C14H18N2O4S. The molecule has 0 aliphatic carbocycles. The Hall–Kier alpha value is -1.91. The van der Waals surface area contributed by atoms with E-state index in [9.17, 15) is 13.2 Å². The average Bonchev–Trinajstić information content (AvgIpc) is 2.37. The number of carboxylic acid groups (broad SMARTS) is 1. The van der Waals surface area contributed by atoms with Gasteiger partial charge in [0.1, 0.15) is 6.04 Å². The highest BCUT2D eigenvalue weighted by atomic mass is 32.2. The SMILES string of the molecule is CC(C)CC(NS(=O)(=O)Cc1ccccc1C#N)C(=O)O. The second kappa shape index (κ2) is 7.20. The zero-order valence-corrected chi connectivity index (χ0v) is 12.7. The predicted molar refractivity (Wildman–Crippen MR) is 77.8 cm³/mol. The third-order valence-corrected chi connectivity index (χ3v) is 4.15. The molecule has 0 saturated heterocycles. The van der Waals surface area contributed by atoms with Crippen LogP contribution in [0, 0.1) is 17.2 Å². The van der Waals surface area contributed by atoms with Crippen molar-refractivity contribution < 1.29 is 18.3 Å². The van der Waals surface area contributed by atoms with Crippen molar-refractivity contribution in [2.75, 3.05) is 0 Å². The van der Waals surface area contributed by atoms with Crippen LogP contribution in [0.3, 0.4) is 0 Å². The van der Waals surface area contributed by atoms with Crippen molar-refractivity contribution >= 4 is 16.0 Å². The van der Waals surface area contributed by atoms with Crippen LogP contribution in [0.1, 0.15) is 31.4 Å². The first-order valence-electron chi connectivity index (χ1n) is 6.46. The second-order valence-electron chi connectivity index (χ2n) is 5.17. The van der Waals surface area contributed by atoms with Gasteiger partial charge in [-0.3, -0.25) is 4.79 Å². The third-order valence-electron chi connectivity index (χ3n) is 2.81. The first-order valence-corrected chi connectivity index (χ1v) is 8.11. The van der Waals surface area contributed by atoms with Gasteiger partial charge in [0.05, 0.1) is 17.4 Å². The molecule has 21 heavy (non-hydrogen) atoms. The van der Waals surface area contributed by atoms with Crippen LogP contribution in [-0.4, -0.2) is 25.5 Å². The van der Waals surface area contributed by atoms with Gasteiger partial charge in [-0.15, -0.1) is 0 Å². The van der Waals surface area contributed by atoms with E-state index in [1.165, 1.54) is 12.1 Å². The van der Waals surface area contributed by atoms with E-state index in [2.05, 4.69) is 4.72 Å². The molecule has 0 bridgehead atoms. The number of sulfonamides is 1. The van der Waals surface area contributed by atoms with Crippen molar-refractivity contribution in [2.24, 2.45) is 5.92 Å². The molecule has 7 heteroatoms. The quantitative estimate of drug-likeness (QED) is 0.793. The molecule has 0 saturated carbocycles. The highest BCUT2D eigenvalue weighted by Gasteiger charge is 2.25. The molecular weight excluding hydrogens is 292 g/mol. The molecule has 0 aliphatic rings. The van der Waals surface area contributed by atoms with E-state index in [4.69, 9.17) is 10.4 Å². The normalized spacial score (nSPS) is 12.9. The summed E-state index contributed by atoms with van der Waals surface area (Å²) in [5.41, 5.74) is 0.611. The molecule has 0 aromatic heterocycles. The molecule has 0 radical (unpaired) electrons. The fourth-order valence-electron chi connectivity index (χ4n) is 1.89. The van der Waals surface area contributed by atoms with Gasteiger partial charge in [0.2, 0.25) is 10.0 Å². The van der Waals surface area contributed by atoms with Crippen molar-refractivity contribution in [3.63, 3.8) is 0 Å². The number of benzene rings is 1. The fourth-order valence-corrected chi connectivity index (χ4v) is 3.26. The molecule has 114 valence electrons. The van der Waals surface area contributed by atoms with Crippen molar-refractivity contribution in [1.82, 2.24) is 4.72 Å². The van der Waals surface area contributed by atoms with E-state index in [1.54, 1.807) is 12.1 Å². The van der Waals surface area contributed by atoms with Crippen LogP contribution in [0.25, 0.3) is 0 Å². The van der Waals surface area contributed by atoms with Gasteiger partial charge < -0.3 is 5.11 Å². The largest absolute Gasteiger partial charge is 0.480 e. The molecule has 0 aliphatic heterocycles. The predicted octanol–water partition coefficient (Wildman–Crippen LogP) is 1.48. The van der Waals surface area contributed by atoms with Gasteiger partial charge in [0.25, 0.3) is 0 Å². The Kier molecular flexibility index (Phi) is 5.88. The summed E-state index contributed by atoms with van der Waals surface area (Å²) < 4.78 is 26.3. The van der Waals surface area contributed by atoms with Gasteiger partial charge >= 0.3 is 5.97 Å². The standard InChI is InChI=1S/C14H18N2O4S/c1-10(2)7-13(14(17)18)16-21(19,20)9-12-6-4-3-5-11(12)8-15/h3-6,10,13,16H,7,9H2,1-2H3,(H,17,18). The summed E-state index contributed by atoms with van der Waals surface area (Å²) in [6, 6.07) is 7.09. The van der Waals surface area contributed by atoms with Gasteiger partial charge in [-0.25, -0.2) is 13.1 Å². The number of hydrogen-bond donors (Lipinski definition) is 2. The number of nitrogens with zero attached hydrogens (tertiary/aromatic N) is 1. The van der Waals surface area contributed by atoms with E-state index < -0.39 is 27.8 Å². The molecule has 1 atom stereocenters. The van der Waals surface area contributed by atoms with E-state index in [-0.39, 0.29) is 17.9 Å². The van der Waals surface area contributed by atoms with Gasteiger partial charge in [-0.05, 0) is 24.0 Å². The third kappa shape index (κ3) is 5.53. The first kappa shape index (κ1) is 17.1. The van der Waals surface area contributed by atoms with Crippen LogP contribution in [0.5, 0.6) is 0 Å². The Balaban J connectivity index is 2.91. The van der Waals surface area contributed by atoms with Crippen LogP contribution in [-0.2, 0) is 20.6 Å². The minimum atomic E-state index is -3.84. The number of nitrogens with one attached hydrogen (secondary N) is 1. The Morgan fingerprint density at radius 1 is 1.38 bits per heavy atom. The molecule has 6 nitrogen and oxygen atoms in total. The maximum Gasteiger partial charge on any atom is 0.321 e. The minimum Gasteiger partial charge on any atom is -0.480 e. The van der Waals surface area contributed by atoms with E-state index >= 15 is 0 Å².